The Balaban J connectivity index is 2.14. The smallest absolute Gasteiger partial charge is 0.213 e. The second-order valence-electron chi connectivity index (χ2n) is 3.18. The van der Waals surface area contributed by atoms with Gasteiger partial charge in [0.05, 0.1) is 6.61 Å². The van der Waals surface area contributed by atoms with E-state index in [4.69, 9.17) is 9.84 Å². The molecule has 0 aromatic heterocycles. The zero-order chi connectivity index (χ0) is 10.9. The number of aliphatic hydroxyl groups is 2. The Morgan fingerprint density at radius 2 is 2.00 bits per heavy atom. The summed E-state index contributed by atoms with van der Waals surface area (Å²) in [6, 6.07) is 9.63. The maximum Gasteiger partial charge on any atom is 0.213 e. The van der Waals surface area contributed by atoms with Crippen LogP contribution in [0.5, 0.6) is 0 Å². The van der Waals surface area contributed by atoms with Crippen LogP contribution in [0.4, 0.5) is 0 Å². The van der Waals surface area contributed by atoms with E-state index < -0.39 is 6.41 Å². The maximum atomic E-state index is 9.32. The van der Waals surface area contributed by atoms with Crippen LogP contribution >= 0.6 is 0 Å². The molecule has 4 heteroatoms. The van der Waals surface area contributed by atoms with Gasteiger partial charge in [0.2, 0.25) is 6.41 Å². The summed E-state index contributed by atoms with van der Waals surface area (Å²) in [7, 11) is 0. The lowest BCUT2D eigenvalue weighted by molar-refractivity contribution is -0.128. The minimum Gasteiger partial charge on any atom is -0.396 e. The second-order valence-corrected chi connectivity index (χ2v) is 3.18. The average molecular weight is 211 g/mol. The van der Waals surface area contributed by atoms with Gasteiger partial charge < -0.3 is 14.9 Å². The largest absolute Gasteiger partial charge is 0.396 e. The molecule has 3 N–H and O–H groups in total. The SMILES string of the molecule is OCCCNC(O)OCc1ccccc1. The van der Waals surface area contributed by atoms with E-state index in [0.717, 1.165) is 5.56 Å². The van der Waals surface area contributed by atoms with Crippen LogP contribution in [-0.2, 0) is 11.3 Å². The summed E-state index contributed by atoms with van der Waals surface area (Å²) in [6.45, 7) is 1.01. The fraction of sp³-hybridized carbons (Fsp3) is 0.455. The zero-order valence-corrected chi connectivity index (χ0v) is 8.60. The van der Waals surface area contributed by atoms with Gasteiger partial charge in [0, 0.05) is 13.2 Å². The predicted octanol–water partition coefficient (Wildman–Crippen LogP) is 0.451. The van der Waals surface area contributed by atoms with Crippen molar-refractivity contribution < 1.29 is 14.9 Å². The molecule has 0 amide bonds. The Labute approximate surface area is 89.5 Å². The molecule has 1 rings (SSSR count). The third-order valence-electron chi connectivity index (χ3n) is 1.90. The lowest BCUT2D eigenvalue weighted by Gasteiger charge is -2.13. The highest BCUT2D eigenvalue weighted by atomic mass is 16.6. The summed E-state index contributed by atoms with van der Waals surface area (Å²) in [4.78, 5) is 0. The third kappa shape index (κ3) is 5.49. The van der Waals surface area contributed by atoms with E-state index >= 15 is 0 Å². The first kappa shape index (κ1) is 12.1. The first-order chi connectivity index (χ1) is 7.33. The monoisotopic (exact) mass is 211 g/mol. The minimum absolute atomic E-state index is 0.110. The molecule has 1 atom stereocenters. The minimum atomic E-state index is -0.975. The molecule has 0 bridgehead atoms. The quantitative estimate of drug-likeness (QED) is 0.453. The molecule has 0 heterocycles. The number of nitrogens with one attached hydrogen (secondary N) is 1. The van der Waals surface area contributed by atoms with E-state index in [1.54, 1.807) is 0 Å². The molecule has 0 aliphatic carbocycles. The van der Waals surface area contributed by atoms with Crippen molar-refractivity contribution in [2.45, 2.75) is 19.4 Å². The Morgan fingerprint density at radius 1 is 1.27 bits per heavy atom. The Morgan fingerprint density at radius 3 is 2.67 bits per heavy atom. The standard InChI is InChI=1S/C11H17NO3/c13-8-4-7-12-11(14)15-9-10-5-2-1-3-6-10/h1-3,5-6,11-14H,4,7-9H2. The molecule has 1 unspecified atom stereocenters. The lowest BCUT2D eigenvalue weighted by atomic mass is 10.2. The van der Waals surface area contributed by atoms with Gasteiger partial charge in [-0.1, -0.05) is 30.3 Å². The molecule has 0 fully saturated rings. The number of rotatable bonds is 7. The molecule has 84 valence electrons. The Bertz CT molecular complexity index is 253. The van der Waals surface area contributed by atoms with Crippen molar-refractivity contribution in [1.82, 2.24) is 5.32 Å². The van der Waals surface area contributed by atoms with Gasteiger partial charge in [-0.3, -0.25) is 5.32 Å². The molecule has 0 aliphatic heterocycles. The molecule has 0 saturated carbocycles. The van der Waals surface area contributed by atoms with Gasteiger partial charge in [0.15, 0.2) is 0 Å². The van der Waals surface area contributed by atoms with Gasteiger partial charge in [-0.05, 0) is 12.0 Å². The van der Waals surface area contributed by atoms with Gasteiger partial charge in [-0.25, -0.2) is 0 Å². The highest BCUT2D eigenvalue weighted by molar-refractivity contribution is 5.13. The average Bonchev–Trinajstić information content (AvgIpc) is 2.28. The molecule has 0 saturated heterocycles. The molecular weight excluding hydrogens is 194 g/mol. The fourth-order valence-electron chi connectivity index (χ4n) is 1.11. The van der Waals surface area contributed by atoms with Gasteiger partial charge in [-0.15, -0.1) is 0 Å². The van der Waals surface area contributed by atoms with Crippen LogP contribution in [0.1, 0.15) is 12.0 Å². The van der Waals surface area contributed by atoms with Crippen molar-refractivity contribution in [3.63, 3.8) is 0 Å². The van der Waals surface area contributed by atoms with E-state index in [-0.39, 0.29) is 6.61 Å². The van der Waals surface area contributed by atoms with Crippen LogP contribution in [0.3, 0.4) is 0 Å². The van der Waals surface area contributed by atoms with Crippen molar-refractivity contribution in [1.29, 1.82) is 0 Å². The number of hydrogen-bond donors (Lipinski definition) is 3. The van der Waals surface area contributed by atoms with Crippen molar-refractivity contribution in [2.24, 2.45) is 0 Å². The van der Waals surface area contributed by atoms with Crippen molar-refractivity contribution in [3.8, 4) is 0 Å². The van der Waals surface area contributed by atoms with Gasteiger partial charge in [0.1, 0.15) is 0 Å². The number of benzene rings is 1. The van der Waals surface area contributed by atoms with Crippen LogP contribution in [-0.4, -0.2) is 29.8 Å². The van der Waals surface area contributed by atoms with Gasteiger partial charge in [0.25, 0.3) is 0 Å². The van der Waals surface area contributed by atoms with E-state index in [9.17, 15) is 5.11 Å². The molecule has 15 heavy (non-hydrogen) atoms. The highest BCUT2D eigenvalue weighted by Crippen LogP contribution is 2.01. The summed E-state index contributed by atoms with van der Waals surface area (Å²) >= 11 is 0. The van der Waals surface area contributed by atoms with Crippen molar-refractivity contribution in [2.75, 3.05) is 13.2 Å². The molecule has 1 aromatic rings. The summed E-state index contributed by atoms with van der Waals surface area (Å²) in [5, 5.41) is 20.6. The molecule has 1 aromatic carbocycles. The number of aliphatic hydroxyl groups excluding tert-OH is 2. The fourth-order valence-corrected chi connectivity index (χ4v) is 1.11. The number of ether oxygens (including phenoxy) is 1. The maximum absolute atomic E-state index is 9.32. The molecule has 0 aliphatic rings. The second kappa shape index (κ2) is 7.36. The van der Waals surface area contributed by atoms with Crippen LogP contribution in [0.2, 0.25) is 0 Å². The van der Waals surface area contributed by atoms with E-state index in [0.29, 0.717) is 19.6 Å². The highest BCUT2D eigenvalue weighted by Gasteiger charge is 2.01. The van der Waals surface area contributed by atoms with Crippen molar-refractivity contribution in [3.05, 3.63) is 35.9 Å². The van der Waals surface area contributed by atoms with Crippen LogP contribution in [0.15, 0.2) is 30.3 Å². The number of hydrogen-bond acceptors (Lipinski definition) is 4. The Hall–Kier alpha value is -0.940. The normalized spacial score (nSPS) is 12.7. The summed E-state index contributed by atoms with van der Waals surface area (Å²) in [5.74, 6) is 0. The first-order valence-electron chi connectivity index (χ1n) is 5.01. The molecule has 0 radical (unpaired) electrons. The summed E-state index contributed by atoms with van der Waals surface area (Å²) in [5.41, 5.74) is 1.01. The van der Waals surface area contributed by atoms with Gasteiger partial charge in [-0.2, -0.15) is 0 Å². The first-order valence-corrected chi connectivity index (χ1v) is 5.01. The van der Waals surface area contributed by atoms with Gasteiger partial charge >= 0.3 is 0 Å². The van der Waals surface area contributed by atoms with E-state index in [1.165, 1.54) is 0 Å². The summed E-state index contributed by atoms with van der Waals surface area (Å²) in [6.07, 6.45) is -0.372. The topological polar surface area (TPSA) is 61.7 Å². The lowest BCUT2D eigenvalue weighted by Crippen LogP contribution is -2.32. The molecule has 4 nitrogen and oxygen atoms in total. The van der Waals surface area contributed by atoms with E-state index in [1.807, 2.05) is 30.3 Å². The van der Waals surface area contributed by atoms with Crippen LogP contribution < -0.4 is 5.32 Å². The summed E-state index contributed by atoms with van der Waals surface area (Å²) < 4.78 is 5.14. The van der Waals surface area contributed by atoms with Crippen LogP contribution in [0.25, 0.3) is 0 Å². The van der Waals surface area contributed by atoms with Crippen LogP contribution in [0, 0.1) is 0 Å². The third-order valence-corrected chi connectivity index (χ3v) is 1.90. The zero-order valence-electron chi connectivity index (χ0n) is 8.60. The molecule has 0 spiro atoms. The van der Waals surface area contributed by atoms with E-state index in [2.05, 4.69) is 5.32 Å². The predicted molar refractivity (Wildman–Crippen MR) is 56.9 cm³/mol. The van der Waals surface area contributed by atoms with Crippen molar-refractivity contribution >= 4 is 0 Å². The Kier molecular flexibility index (Phi) is 5.96. The molecular formula is C11H17NO3.